The number of amides is 3. The van der Waals surface area contributed by atoms with E-state index in [1.165, 1.54) is 7.11 Å². The molecule has 0 aliphatic rings. The van der Waals surface area contributed by atoms with Gasteiger partial charge < -0.3 is 20.1 Å². The van der Waals surface area contributed by atoms with Crippen molar-refractivity contribution in [3.05, 3.63) is 84.4 Å². The Kier molecular flexibility index (Phi) is 8.95. The second kappa shape index (κ2) is 12.5. The first kappa shape index (κ1) is 25.0. The van der Waals surface area contributed by atoms with Crippen LogP contribution in [0.5, 0.6) is 11.5 Å². The Balaban J connectivity index is 1.44. The number of carbonyl (C=O) groups is 3. The van der Waals surface area contributed by atoms with Crippen LogP contribution < -0.4 is 25.5 Å². The van der Waals surface area contributed by atoms with Crippen LogP contribution in [0.25, 0.3) is 0 Å². The van der Waals surface area contributed by atoms with Crippen LogP contribution in [0.1, 0.15) is 18.9 Å². The quantitative estimate of drug-likeness (QED) is 0.248. The lowest BCUT2D eigenvalue weighted by atomic mass is 10.2. The number of nitrogens with zero attached hydrogens (tertiary/aromatic N) is 1. The molecule has 0 aromatic heterocycles. The smallest absolute Gasteiger partial charge is 0.329 e. The van der Waals surface area contributed by atoms with Gasteiger partial charge in [-0.25, -0.2) is 5.43 Å². The van der Waals surface area contributed by atoms with Crippen molar-refractivity contribution in [3.63, 3.8) is 0 Å². The van der Waals surface area contributed by atoms with E-state index >= 15 is 0 Å². The van der Waals surface area contributed by atoms with Gasteiger partial charge >= 0.3 is 11.8 Å². The number of methoxy groups -OCH3 is 1. The van der Waals surface area contributed by atoms with Crippen LogP contribution in [0.2, 0.25) is 0 Å². The van der Waals surface area contributed by atoms with Gasteiger partial charge in [0.1, 0.15) is 18.1 Å². The van der Waals surface area contributed by atoms with Crippen LogP contribution in [0.3, 0.4) is 0 Å². The van der Waals surface area contributed by atoms with Crippen molar-refractivity contribution in [2.45, 2.75) is 20.0 Å². The summed E-state index contributed by atoms with van der Waals surface area (Å²) in [6.07, 6.45) is -0.0688. The fourth-order valence-electron chi connectivity index (χ4n) is 2.98. The number of para-hydroxylation sites is 2. The molecule has 0 radical (unpaired) electrons. The molecule has 0 aliphatic heterocycles. The number of hydrazone groups is 1. The summed E-state index contributed by atoms with van der Waals surface area (Å²) in [5, 5.41) is 9.02. The van der Waals surface area contributed by atoms with Crippen molar-refractivity contribution in [2.24, 2.45) is 5.10 Å². The molecule has 35 heavy (non-hydrogen) atoms. The van der Waals surface area contributed by atoms with Crippen LogP contribution >= 0.6 is 0 Å². The summed E-state index contributed by atoms with van der Waals surface area (Å²) in [6.45, 7) is 2.02. The number of benzene rings is 3. The molecule has 0 saturated carbocycles. The standard InChI is InChI=1S/C26H26N4O5/c1-18(29-30-26(33)25(32)28-22-10-6-7-11-23(22)34-2)16-24(31)27-20-12-14-21(15-13-20)35-17-19-8-4-3-5-9-19/h3-15H,16-17H2,1-2H3,(H,27,31)(H,28,32)(H,30,33)/b29-18-. The molecule has 3 aromatic carbocycles. The highest BCUT2D eigenvalue weighted by Crippen LogP contribution is 2.22. The van der Waals surface area contributed by atoms with E-state index in [1.807, 2.05) is 30.3 Å². The molecule has 0 unspecified atom stereocenters. The van der Waals surface area contributed by atoms with Gasteiger partial charge in [-0.3, -0.25) is 14.4 Å². The zero-order chi connectivity index (χ0) is 25.0. The first-order valence-electron chi connectivity index (χ1n) is 10.8. The van der Waals surface area contributed by atoms with Gasteiger partial charge in [-0.1, -0.05) is 42.5 Å². The lowest BCUT2D eigenvalue weighted by Gasteiger charge is -2.09. The van der Waals surface area contributed by atoms with Crippen molar-refractivity contribution < 1.29 is 23.9 Å². The van der Waals surface area contributed by atoms with Gasteiger partial charge in [0.2, 0.25) is 5.91 Å². The molecule has 0 aliphatic carbocycles. The molecule has 3 amide bonds. The SMILES string of the molecule is COc1ccccc1NC(=O)C(=O)N/N=C(/C)CC(=O)Nc1ccc(OCc2ccccc2)cc1. The molecule has 0 spiro atoms. The normalized spacial score (nSPS) is 10.7. The first-order chi connectivity index (χ1) is 16.9. The highest BCUT2D eigenvalue weighted by Gasteiger charge is 2.15. The molecule has 3 aromatic rings. The van der Waals surface area contributed by atoms with Crippen LogP contribution in [0.4, 0.5) is 11.4 Å². The molecule has 0 bridgehead atoms. The average molecular weight is 475 g/mol. The fraction of sp³-hybridized carbons (Fsp3) is 0.154. The summed E-state index contributed by atoms with van der Waals surface area (Å²) in [5.74, 6) is -1.11. The molecule has 9 nitrogen and oxygen atoms in total. The monoisotopic (exact) mass is 474 g/mol. The van der Waals surface area contributed by atoms with E-state index in [-0.39, 0.29) is 12.3 Å². The van der Waals surface area contributed by atoms with E-state index in [4.69, 9.17) is 9.47 Å². The molecule has 3 N–H and O–H groups in total. The number of anilines is 2. The highest BCUT2D eigenvalue weighted by molar-refractivity contribution is 6.39. The maximum atomic E-state index is 12.3. The molecule has 0 atom stereocenters. The minimum absolute atomic E-state index is 0.0688. The Bertz CT molecular complexity index is 1190. The summed E-state index contributed by atoms with van der Waals surface area (Å²) >= 11 is 0. The second-order valence-corrected chi connectivity index (χ2v) is 7.47. The Hall–Kier alpha value is -4.66. The number of carbonyl (C=O) groups excluding carboxylic acids is 3. The Morgan fingerprint density at radius 3 is 2.23 bits per heavy atom. The Labute approximate surface area is 203 Å². The van der Waals surface area contributed by atoms with Crippen LogP contribution in [-0.2, 0) is 21.0 Å². The van der Waals surface area contributed by atoms with Crippen LogP contribution in [0.15, 0.2) is 84.0 Å². The summed E-state index contributed by atoms with van der Waals surface area (Å²) in [6, 6.07) is 23.5. The van der Waals surface area contributed by atoms with Crippen molar-refractivity contribution in [2.75, 3.05) is 17.7 Å². The molecular formula is C26H26N4O5. The fourth-order valence-corrected chi connectivity index (χ4v) is 2.98. The molecule has 3 rings (SSSR count). The third-order valence-corrected chi connectivity index (χ3v) is 4.71. The van der Waals surface area contributed by atoms with Crippen molar-refractivity contribution in [1.82, 2.24) is 5.43 Å². The van der Waals surface area contributed by atoms with E-state index in [1.54, 1.807) is 55.5 Å². The van der Waals surface area contributed by atoms with Crippen molar-refractivity contribution in [1.29, 1.82) is 0 Å². The second-order valence-electron chi connectivity index (χ2n) is 7.47. The lowest BCUT2D eigenvalue weighted by molar-refractivity contribution is -0.136. The van der Waals surface area contributed by atoms with Gasteiger partial charge in [-0.05, 0) is 48.9 Å². The minimum atomic E-state index is -0.971. The van der Waals surface area contributed by atoms with Gasteiger partial charge in [0, 0.05) is 11.4 Å². The zero-order valence-electron chi connectivity index (χ0n) is 19.4. The van der Waals surface area contributed by atoms with Gasteiger partial charge in [0.05, 0.1) is 19.2 Å². The van der Waals surface area contributed by atoms with E-state index < -0.39 is 11.8 Å². The number of hydrogen-bond donors (Lipinski definition) is 3. The predicted molar refractivity (Wildman–Crippen MR) is 133 cm³/mol. The third-order valence-electron chi connectivity index (χ3n) is 4.71. The molecule has 180 valence electrons. The van der Waals surface area contributed by atoms with Crippen molar-refractivity contribution >= 4 is 34.8 Å². The summed E-state index contributed by atoms with van der Waals surface area (Å²) in [4.78, 5) is 36.4. The average Bonchev–Trinajstić information content (AvgIpc) is 2.87. The van der Waals surface area contributed by atoms with E-state index in [9.17, 15) is 14.4 Å². The maximum Gasteiger partial charge on any atom is 0.329 e. The number of rotatable bonds is 9. The van der Waals surface area contributed by atoms with E-state index in [2.05, 4.69) is 21.2 Å². The van der Waals surface area contributed by atoms with Crippen molar-refractivity contribution in [3.8, 4) is 11.5 Å². The van der Waals surface area contributed by atoms with Crippen LogP contribution in [-0.4, -0.2) is 30.5 Å². The highest BCUT2D eigenvalue weighted by atomic mass is 16.5. The van der Waals surface area contributed by atoms with Gasteiger partial charge in [-0.15, -0.1) is 0 Å². The predicted octanol–water partition coefficient (Wildman–Crippen LogP) is 3.73. The lowest BCUT2D eigenvalue weighted by Crippen LogP contribution is -2.33. The largest absolute Gasteiger partial charge is 0.495 e. The Morgan fingerprint density at radius 1 is 0.829 bits per heavy atom. The van der Waals surface area contributed by atoms with Gasteiger partial charge in [0.15, 0.2) is 0 Å². The first-order valence-corrected chi connectivity index (χ1v) is 10.8. The summed E-state index contributed by atoms with van der Waals surface area (Å²) in [7, 11) is 1.46. The van der Waals surface area contributed by atoms with E-state index in [0.717, 1.165) is 5.56 Å². The minimum Gasteiger partial charge on any atom is -0.495 e. The molecule has 9 heteroatoms. The zero-order valence-corrected chi connectivity index (χ0v) is 19.4. The maximum absolute atomic E-state index is 12.3. The Morgan fingerprint density at radius 2 is 1.51 bits per heavy atom. The molecule has 0 heterocycles. The topological polar surface area (TPSA) is 118 Å². The number of nitrogens with one attached hydrogen (secondary N) is 3. The number of hydrogen-bond acceptors (Lipinski definition) is 6. The third kappa shape index (κ3) is 8.01. The molecular weight excluding hydrogens is 448 g/mol. The van der Waals surface area contributed by atoms with Gasteiger partial charge in [-0.2, -0.15) is 5.10 Å². The van der Waals surface area contributed by atoms with Crippen LogP contribution in [0, 0.1) is 0 Å². The van der Waals surface area contributed by atoms with E-state index in [0.29, 0.717) is 35.2 Å². The number of ether oxygens (including phenoxy) is 2. The summed E-state index contributed by atoms with van der Waals surface area (Å²) < 4.78 is 10.9. The summed E-state index contributed by atoms with van der Waals surface area (Å²) in [5.41, 5.74) is 4.47. The molecule has 0 fully saturated rings. The van der Waals surface area contributed by atoms with Gasteiger partial charge in [0.25, 0.3) is 0 Å². The molecule has 0 saturated heterocycles.